The highest BCUT2D eigenvalue weighted by molar-refractivity contribution is 5.39. The van der Waals surface area contributed by atoms with Gasteiger partial charge in [0.1, 0.15) is 5.82 Å². The van der Waals surface area contributed by atoms with Gasteiger partial charge in [0.05, 0.1) is 11.7 Å². The molecule has 15 heavy (non-hydrogen) atoms. The summed E-state index contributed by atoms with van der Waals surface area (Å²) in [5.41, 5.74) is 6.91. The molecule has 0 spiro atoms. The minimum Gasteiger partial charge on any atom is -0.362 e. The molecule has 1 heterocycles. The smallest absolute Gasteiger partial charge is 0.149 e. The van der Waals surface area contributed by atoms with E-state index in [1.807, 2.05) is 13.0 Å². The van der Waals surface area contributed by atoms with Crippen LogP contribution in [0.1, 0.15) is 25.3 Å². The molecule has 1 aliphatic carbocycles. The standard InChI is InChI=1S/C11H18N4/c1-8-5-10(15-13-6-8)14-11(2,7-12)9-3-4-9/h5-6,9H,3-4,7,12H2,1-2H3,(H,14,15). The third-order valence-corrected chi connectivity index (χ3v) is 3.11. The number of nitrogens with zero attached hydrogens (tertiary/aromatic N) is 2. The van der Waals surface area contributed by atoms with Crippen molar-refractivity contribution >= 4 is 5.82 Å². The summed E-state index contributed by atoms with van der Waals surface area (Å²) in [5.74, 6) is 1.51. The SMILES string of the molecule is Cc1cnnc(NC(C)(CN)C2CC2)c1. The molecule has 3 N–H and O–H groups in total. The molecular formula is C11H18N4. The van der Waals surface area contributed by atoms with Gasteiger partial charge >= 0.3 is 0 Å². The lowest BCUT2D eigenvalue weighted by Crippen LogP contribution is -2.45. The van der Waals surface area contributed by atoms with Crippen molar-refractivity contribution in [2.75, 3.05) is 11.9 Å². The lowest BCUT2D eigenvalue weighted by atomic mass is 9.96. The lowest BCUT2D eigenvalue weighted by Gasteiger charge is -2.29. The molecule has 4 heteroatoms. The molecule has 1 aromatic rings. The number of rotatable bonds is 4. The van der Waals surface area contributed by atoms with E-state index in [1.165, 1.54) is 12.8 Å². The van der Waals surface area contributed by atoms with E-state index in [1.54, 1.807) is 6.20 Å². The summed E-state index contributed by atoms with van der Waals surface area (Å²) in [6, 6.07) is 2.00. The second-order valence-corrected chi connectivity index (χ2v) is 4.64. The topological polar surface area (TPSA) is 63.8 Å². The van der Waals surface area contributed by atoms with Gasteiger partial charge in [-0.1, -0.05) is 0 Å². The number of nitrogens with one attached hydrogen (secondary N) is 1. The molecule has 2 rings (SSSR count). The van der Waals surface area contributed by atoms with Crippen molar-refractivity contribution in [1.29, 1.82) is 0 Å². The summed E-state index contributed by atoms with van der Waals surface area (Å²) >= 11 is 0. The maximum atomic E-state index is 5.82. The van der Waals surface area contributed by atoms with E-state index in [4.69, 9.17) is 5.73 Å². The predicted molar refractivity (Wildman–Crippen MR) is 60.6 cm³/mol. The maximum absolute atomic E-state index is 5.82. The van der Waals surface area contributed by atoms with Crippen LogP contribution in [0.5, 0.6) is 0 Å². The quantitative estimate of drug-likeness (QED) is 0.780. The fourth-order valence-corrected chi connectivity index (χ4v) is 1.86. The molecule has 0 radical (unpaired) electrons. The Labute approximate surface area is 90.3 Å². The Bertz CT molecular complexity index is 348. The van der Waals surface area contributed by atoms with Gasteiger partial charge in [0.15, 0.2) is 0 Å². The Morgan fingerprint density at radius 1 is 1.60 bits per heavy atom. The fraction of sp³-hybridized carbons (Fsp3) is 0.636. The van der Waals surface area contributed by atoms with Crippen molar-refractivity contribution in [3.05, 3.63) is 17.8 Å². The highest BCUT2D eigenvalue weighted by Crippen LogP contribution is 2.40. The van der Waals surface area contributed by atoms with Crippen molar-refractivity contribution < 1.29 is 0 Å². The Morgan fingerprint density at radius 2 is 2.33 bits per heavy atom. The van der Waals surface area contributed by atoms with Gasteiger partial charge < -0.3 is 11.1 Å². The van der Waals surface area contributed by atoms with Gasteiger partial charge in [0.2, 0.25) is 0 Å². The fourth-order valence-electron chi connectivity index (χ4n) is 1.86. The number of anilines is 1. The molecule has 1 fully saturated rings. The average Bonchev–Trinajstić information content (AvgIpc) is 3.01. The van der Waals surface area contributed by atoms with Crippen LogP contribution in [0.3, 0.4) is 0 Å². The number of aromatic nitrogens is 2. The van der Waals surface area contributed by atoms with Crippen LogP contribution in [0.15, 0.2) is 12.3 Å². The Morgan fingerprint density at radius 3 is 2.87 bits per heavy atom. The van der Waals surface area contributed by atoms with Crippen LogP contribution in [0, 0.1) is 12.8 Å². The van der Waals surface area contributed by atoms with Crippen molar-refractivity contribution in [2.24, 2.45) is 11.7 Å². The van der Waals surface area contributed by atoms with Crippen LogP contribution >= 0.6 is 0 Å². The van der Waals surface area contributed by atoms with Gasteiger partial charge in [0.25, 0.3) is 0 Å². The molecule has 0 bridgehead atoms. The number of hydrogen-bond acceptors (Lipinski definition) is 4. The molecule has 1 saturated carbocycles. The van der Waals surface area contributed by atoms with Crippen LogP contribution < -0.4 is 11.1 Å². The first-order valence-electron chi connectivity index (χ1n) is 5.41. The van der Waals surface area contributed by atoms with E-state index in [2.05, 4.69) is 22.4 Å². The van der Waals surface area contributed by atoms with Crippen molar-refractivity contribution in [2.45, 2.75) is 32.2 Å². The van der Waals surface area contributed by atoms with Crippen molar-refractivity contribution in [1.82, 2.24) is 10.2 Å². The molecule has 1 aromatic heterocycles. The summed E-state index contributed by atoms with van der Waals surface area (Å²) in [7, 11) is 0. The van der Waals surface area contributed by atoms with Crippen molar-refractivity contribution in [3.8, 4) is 0 Å². The Balaban J connectivity index is 2.12. The number of nitrogens with two attached hydrogens (primary N) is 1. The highest BCUT2D eigenvalue weighted by atomic mass is 15.2. The van der Waals surface area contributed by atoms with Crippen LogP contribution in [-0.2, 0) is 0 Å². The predicted octanol–water partition coefficient (Wildman–Crippen LogP) is 1.32. The van der Waals surface area contributed by atoms with Gasteiger partial charge in [-0.05, 0) is 44.2 Å². The van der Waals surface area contributed by atoms with Crippen LogP contribution in [-0.4, -0.2) is 22.3 Å². The average molecular weight is 206 g/mol. The highest BCUT2D eigenvalue weighted by Gasteiger charge is 2.40. The third kappa shape index (κ3) is 2.26. The summed E-state index contributed by atoms with van der Waals surface area (Å²) in [6.07, 6.45) is 4.28. The Kier molecular flexibility index (Phi) is 2.61. The monoisotopic (exact) mass is 206 g/mol. The van der Waals surface area contributed by atoms with Crippen LogP contribution in [0.4, 0.5) is 5.82 Å². The molecule has 1 unspecified atom stereocenters. The first-order valence-corrected chi connectivity index (χ1v) is 5.41. The minimum atomic E-state index is -0.0253. The van der Waals surface area contributed by atoms with Crippen molar-refractivity contribution in [3.63, 3.8) is 0 Å². The Hall–Kier alpha value is -1.16. The van der Waals surface area contributed by atoms with Gasteiger partial charge in [-0.2, -0.15) is 5.10 Å². The zero-order valence-corrected chi connectivity index (χ0v) is 9.33. The second-order valence-electron chi connectivity index (χ2n) is 4.64. The normalized spacial score (nSPS) is 19.7. The molecule has 0 amide bonds. The van der Waals surface area contributed by atoms with E-state index in [9.17, 15) is 0 Å². The molecule has 82 valence electrons. The van der Waals surface area contributed by atoms with E-state index >= 15 is 0 Å². The zero-order chi connectivity index (χ0) is 10.9. The molecule has 0 aromatic carbocycles. The third-order valence-electron chi connectivity index (χ3n) is 3.11. The largest absolute Gasteiger partial charge is 0.362 e. The summed E-state index contributed by atoms with van der Waals surface area (Å²) in [6.45, 7) is 4.80. The van der Waals surface area contributed by atoms with Gasteiger partial charge in [-0.25, -0.2) is 0 Å². The van der Waals surface area contributed by atoms with Crippen LogP contribution in [0.25, 0.3) is 0 Å². The molecule has 0 saturated heterocycles. The second kappa shape index (κ2) is 3.77. The zero-order valence-electron chi connectivity index (χ0n) is 9.33. The lowest BCUT2D eigenvalue weighted by molar-refractivity contribution is 0.457. The number of hydrogen-bond donors (Lipinski definition) is 2. The minimum absolute atomic E-state index is 0.0253. The van der Waals surface area contributed by atoms with E-state index in [0.717, 1.165) is 11.4 Å². The molecule has 1 aliphatic rings. The summed E-state index contributed by atoms with van der Waals surface area (Å²) in [5, 5.41) is 11.4. The molecule has 0 aliphatic heterocycles. The maximum Gasteiger partial charge on any atom is 0.149 e. The van der Waals surface area contributed by atoms with Gasteiger partial charge in [-0.3, -0.25) is 0 Å². The molecular weight excluding hydrogens is 188 g/mol. The van der Waals surface area contributed by atoms with E-state index < -0.39 is 0 Å². The van der Waals surface area contributed by atoms with Gasteiger partial charge in [0, 0.05) is 6.54 Å². The first kappa shape index (κ1) is 10.4. The number of aryl methyl sites for hydroxylation is 1. The van der Waals surface area contributed by atoms with Gasteiger partial charge in [-0.15, -0.1) is 5.10 Å². The first-order chi connectivity index (χ1) is 7.14. The summed E-state index contributed by atoms with van der Waals surface area (Å²) in [4.78, 5) is 0. The summed E-state index contributed by atoms with van der Waals surface area (Å²) < 4.78 is 0. The van der Waals surface area contributed by atoms with Crippen LogP contribution in [0.2, 0.25) is 0 Å². The van der Waals surface area contributed by atoms with E-state index in [0.29, 0.717) is 12.5 Å². The van der Waals surface area contributed by atoms with E-state index in [-0.39, 0.29) is 5.54 Å². The molecule has 1 atom stereocenters. The molecule has 4 nitrogen and oxygen atoms in total.